The van der Waals surface area contributed by atoms with Crippen LogP contribution in [0.4, 0.5) is 0 Å². The number of fused-ring (bicyclic) bond motifs is 3. The van der Waals surface area contributed by atoms with Gasteiger partial charge in [-0.15, -0.1) is 0 Å². The van der Waals surface area contributed by atoms with Gasteiger partial charge >= 0.3 is 0 Å². The summed E-state index contributed by atoms with van der Waals surface area (Å²) in [6, 6.07) is 12.2. The molecule has 1 fully saturated rings. The maximum absolute atomic E-state index is 13.8. The van der Waals surface area contributed by atoms with E-state index in [1.54, 1.807) is 56.6 Å². The van der Waals surface area contributed by atoms with Gasteiger partial charge in [0, 0.05) is 22.5 Å². The largest absolute Gasteiger partial charge is 0.508 e. The molecule has 2 aromatic rings. The van der Waals surface area contributed by atoms with Gasteiger partial charge in [0.2, 0.25) is 0 Å². The number of rotatable bonds is 5. The van der Waals surface area contributed by atoms with E-state index in [0.29, 0.717) is 10.5 Å². The molecule has 2 aromatic carbocycles. The Balaban J connectivity index is 1.69. The van der Waals surface area contributed by atoms with Gasteiger partial charge in [-0.2, -0.15) is 0 Å². The van der Waals surface area contributed by atoms with Crippen molar-refractivity contribution in [2.45, 2.75) is 35.0 Å². The minimum Gasteiger partial charge on any atom is -0.508 e. The van der Waals surface area contributed by atoms with E-state index in [2.05, 4.69) is 0 Å². The van der Waals surface area contributed by atoms with Crippen LogP contribution in [0.2, 0.25) is 0 Å². The van der Waals surface area contributed by atoms with Crippen LogP contribution in [0.5, 0.6) is 5.75 Å². The quantitative estimate of drug-likeness (QED) is 0.332. The smallest absolute Gasteiger partial charge is 0.255 e. The van der Waals surface area contributed by atoms with Crippen LogP contribution < -0.4 is 5.73 Å². The second-order valence-corrected chi connectivity index (χ2v) is 12.2. The number of phenols is 1. The molecular formula is C28H30N2O8S. The predicted molar refractivity (Wildman–Crippen MR) is 140 cm³/mol. The van der Waals surface area contributed by atoms with Crippen molar-refractivity contribution in [1.82, 2.24) is 4.90 Å². The third kappa shape index (κ3) is 3.95. The fraction of sp³-hybridized carbons (Fsp3) is 0.393. The highest BCUT2D eigenvalue weighted by molar-refractivity contribution is 7.85. The van der Waals surface area contributed by atoms with E-state index in [1.807, 2.05) is 0 Å². The molecule has 5 rings (SSSR count). The molecule has 11 heteroatoms. The van der Waals surface area contributed by atoms with Crippen molar-refractivity contribution < 1.29 is 39.0 Å². The fourth-order valence-corrected chi connectivity index (χ4v) is 8.25. The Bertz CT molecular complexity index is 1420. The van der Waals surface area contributed by atoms with Gasteiger partial charge in [0.25, 0.3) is 5.91 Å². The summed E-state index contributed by atoms with van der Waals surface area (Å²) < 4.78 is 13.5. The molecule has 3 aliphatic rings. The molecule has 0 bridgehead atoms. The zero-order chi connectivity index (χ0) is 28.4. The summed E-state index contributed by atoms with van der Waals surface area (Å²) >= 11 is 0. The zero-order valence-corrected chi connectivity index (χ0v) is 22.2. The first kappa shape index (κ1) is 27.2. The number of benzene rings is 2. The number of carbonyl (C=O) groups is 3. The lowest BCUT2D eigenvalue weighted by Crippen LogP contribution is -2.70. The molecule has 0 radical (unpaired) electrons. The summed E-state index contributed by atoms with van der Waals surface area (Å²) in [5.74, 6) is -7.84. The van der Waals surface area contributed by atoms with Crippen molar-refractivity contribution >= 4 is 28.3 Å². The summed E-state index contributed by atoms with van der Waals surface area (Å²) in [5, 5.41) is 45.3. The number of amides is 1. The highest BCUT2D eigenvalue weighted by atomic mass is 32.2. The Hall–Kier alpha value is -3.38. The molecule has 0 spiro atoms. The Morgan fingerprint density at radius 3 is 2.36 bits per heavy atom. The lowest BCUT2D eigenvalue weighted by atomic mass is 9.52. The molecule has 1 saturated carbocycles. The summed E-state index contributed by atoms with van der Waals surface area (Å²) in [5.41, 5.74) is 2.43. The fourth-order valence-electron chi connectivity index (χ4n) is 6.84. The lowest BCUT2D eigenvalue weighted by Gasteiger charge is -2.56. The van der Waals surface area contributed by atoms with Crippen molar-refractivity contribution in [3.05, 3.63) is 71.0 Å². The van der Waals surface area contributed by atoms with E-state index < -0.39 is 81.0 Å². The number of carbonyl (C=O) groups excluding carboxylic acids is 3. The van der Waals surface area contributed by atoms with E-state index in [-0.39, 0.29) is 23.5 Å². The number of ketones is 2. The summed E-state index contributed by atoms with van der Waals surface area (Å²) in [7, 11) is 1.59. The van der Waals surface area contributed by atoms with E-state index in [9.17, 15) is 39.0 Å². The zero-order valence-electron chi connectivity index (χ0n) is 21.4. The van der Waals surface area contributed by atoms with Gasteiger partial charge in [-0.3, -0.25) is 23.5 Å². The normalized spacial score (nSPS) is 32.8. The lowest BCUT2D eigenvalue weighted by molar-refractivity contribution is -0.185. The molecule has 39 heavy (non-hydrogen) atoms. The first-order valence-electron chi connectivity index (χ1n) is 12.5. The van der Waals surface area contributed by atoms with Crippen LogP contribution in [-0.4, -0.2) is 84.6 Å². The van der Waals surface area contributed by atoms with Gasteiger partial charge in [0.05, 0.1) is 28.3 Å². The van der Waals surface area contributed by atoms with Gasteiger partial charge in [-0.05, 0) is 50.2 Å². The van der Waals surface area contributed by atoms with Gasteiger partial charge in [-0.1, -0.05) is 30.3 Å². The molecule has 0 heterocycles. The molecule has 5 unspecified atom stereocenters. The predicted octanol–water partition coefficient (Wildman–Crippen LogP) is 0.635. The third-order valence-electron chi connectivity index (χ3n) is 8.54. The second kappa shape index (κ2) is 9.67. The van der Waals surface area contributed by atoms with Crippen molar-refractivity contribution in [3.8, 4) is 5.75 Å². The van der Waals surface area contributed by atoms with Crippen LogP contribution in [0.1, 0.15) is 28.3 Å². The maximum Gasteiger partial charge on any atom is 0.255 e. The standard InChI is InChI=1S/C28H30N2O8S/c1-30(2)22-17-11-15-16(12-39(38)13-7-4-3-5-8-13)14-9-6-10-18(31)19(14)23(32)20(15)25(34)28(17,37)26(35)21(24(22)33)27(29)36/h3-10,15-17,20,22,25,31,34-35,37H,11-12H2,1-2H3,(H2,29,36)/t15?,16-,17?,20?,22-,25?,28-,39?/m0/s1. The van der Waals surface area contributed by atoms with Gasteiger partial charge in [-0.25, -0.2) is 0 Å². The number of Topliss-reactive ketones (excluding diaryl/α,β-unsaturated/α-hetero) is 2. The number of aliphatic hydroxyl groups excluding tert-OH is 2. The summed E-state index contributed by atoms with van der Waals surface area (Å²) in [4.78, 5) is 41.4. The highest BCUT2D eigenvalue weighted by Gasteiger charge is 2.67. The second-order valence-electron chi connectivity index (χ2n) is 10.7. The molecule has 10 nitrogen and oxygen atoms in total. The van der Waals surface area contributed by atoms with Crippen LogP contribution in [0.15, 0.2) is 64.8 Å². The van der Waals surface area contributed by atoms with Crippen LogP contribution in [0.25, 0.3) is 0 Å². The molecular weight excluding hydrogens is 524 g/mol. The number of aromatic hydroxyl groups is 1. The van der Waals surface area contributed by atoms with Crippen LogP contribution in [0.3, 0.4) is 0 Å². The summed E-state index contributed by atoms with van der Waals surface area (Å²) in [6.45, 7) is 0. The minimum absolute atomic E-state index is 0.0274. The molecule has 0 aromatic heterocycles. The molecule has 6 N–H and O–H groups in total. The van der Waals surface area contributed by atoms with E-state index >= 15 is 0 Å². The molecule has 0 saturated heterocycles. The van der Waals surface area contributed by atoms with Gasteiger partial charge < -0.3 is 26.2 Å². The van der Waals surface area contributed by atoms with E-state index in [1.165, 1.54) is 11.0 Å². The number of primary amides is 1. The van der Waals surface area contributed by atoms with Gasteiger partial charge in [0.1, 0.15) is 23.2 Å². The van der Waals surface area contributed by atoms with Crippen molar-refractivity contribution in [2.24, 2.45) is 23.5 Å². The summed E-state index contributed by atoms with van der Waals surface area (Å²) in [6.07, 6.45) is -1.99. The Kier molecular flexibility index (Phi) is 6.74. The average Bonchev–Trinajstić information content (AvgIpc) is 2.88. The van der Waals surface area contributed by atoms with Crippen molar-refractivity contribution in [2.75, 3.05) is 19.8 Å². The number of nitrogens with two attached hydrogens (primary N) is 1. The molecule has 206 valence electrons. The van der Waals surface area contributed by atoms with Crippen LogP contribution in [-0.2, 0) is 20.4 Å². The number of likely N-dealkylation sites (N-methyl/N-ethyl adjacent to an activating group) is 1. The SMILES string of the molecule is CN(C)[C@@H]1C(=O)C(C(N)=O)=C(O)[C@@]2(O)C(O)C3C(=O)c4c(O)cccc4[C@H](CS(=O)c4ccccc4)C3CC12. The molecule has 3 aliphatic carbocycles. The number of hydrogen-bond donors (Lipinski definition) is 5. The average molecular weight is 555 g/mol. The number of aliphatic hydroxyl groups is 3. The Morgan fingerprint density at radius 2 is 1.74 bits per heavy atom. The van der Waals surface area contributed by atoms with Crippen LogP contribution in [0, 0.1) is 17.8 Å². The molecule has 1 amide bonds. The van der Waals surface area contributed by atoms with Crippen molar-refractivity contribution in [3.63, 3.8) is 0 Å². The Morgan fingerprint density at radius 1 is 1.08 bits per heavy atom. The third-order valence-corrected chi connectivity index (χ3v) is 10.00. The topological polar surface area (TPSA) is 178 Å². The monoisotopic (exact) mass is 554 g/mol. The van der Waals surface area contributed by atoms with Crippen molar-refractivity contribution in [1.29, 1.82) is 0 Å². The first-order chi connectivity index (χ1) is 18.4. The van der Waals surface area contributed by atoms with Crippen LogP contribution >= 0.6 is 0 Å². The highest BCUT2D eigenvalue weighted by Crippen LogP contribution is 2.57. The van der Waals surface area contributed by atoms with E-state index in [4.69, 9.17) is 5.73 Å². The number of hydrogen-bond acceptors (Lipinski definition) is 9. The number of phenolic OH excluding ortho intramolecular Hbond substituents is 1. The minimum atomic E-state index is -2.55. The number of nitrogens with zero attached hydrogens (tertiary/aromatic N) is 1. The molecule has 8 atom stereocenters. The first-order valence-corrected chi connectivity index (χ1v) is 13.9. The van der Waals surface area contributed by atoms with Gasteiger partial charge in [0.15, 0.2) is 17.2 Å². The maximum atomic E-state index is 13.8. The van der Waals surface area contributed by atoms with E-state index in [0.717, 1.165) is 0 Å². The molecule has 0 aliphatic heterocycles. The Labute approximate surface area is 227 Å².